The molecule has 0 aliphatic rings. The number of carbonyl (C=O) groups is 1. The summed E-state index contributed by atoms with van der Waals surface area (Å²) in [6, 6.07) is 11.4. The maximum absolute atomic E-state index is 10.7. The molecule has 1 aromatic heterocycles. The molecule has 1 N–H and O–H groups in total. The minimum absolute atomic E-state index is 0.0720. The first-order valence-electron chi connectivity index (χ1n) is 5.50. The Labute approximate surface area is 99.8 Å². The normalized spacial score (nSPS) is 10.2. The van der Waals surface area contributed by atoms with Gasteiger partial charge in [0.05, 0.1) is 0 Å². The predicted octanol–water partition coefficient (Wildman–Crippen LogP) is 3.01. The van der Waals surface area contributed by atoms with E-state index in [9.17, 15) is 4.79 Å². The largest absolute Gasteiger partial charge is 0.477 e. The molecule has 0 atom stereocenters. The van der Waals surface area contributed by atoms with Gasteiger partial charge in [-0.1, -0.05) is 37.3 Å². The molecule has 0 bridgehead atoms. The van der Waals surface area contributed by atoms with Crippen LogP contribution in [0.3, 0.4) is 0 Å². The minimum Gasteiger partial charge on any atom is -0.477 e. The van der Waals surface area contributed by atoms with E-state index >= 15 is 0 Å². The Morgan fingerprint density at radius 3 is 2.59 bits per heavy atom. The van der Waals surface area contributed by atoms with Gasteiger partial charge in [0.1, 0.15) is 5.69 Å². The van der Waals surface area contributed by atoms with Crippen molar-refractivity contribution in [2.45, 2.75) is 13.3 Å². The highest BCUT2D eigenvalue weighted by Crippen LogP contribution is 2.23. The molecule has 0 aliphatic heterocycles. The SMILES string of the molecule is CCc1ccccc1-c1ccc(C(=O)O)nc1. The van der Waals surface area contributed by atoms with Crippen molar-refractivity contribution in [1.29, 1.82) is 0 Å². The van der Waals surface area contributed by atoms with E-state index in [2.05, 4.69) is 18.0 Å². The number of nitrogens with zero attached hydrogens (tertiary/aromatic N) is 1. The van der Waals surface area contributed by atoms with Crippen LogP contribution in [0.5, 0.6) is 0 Å². The molecule has 0 unspecified atom stereocenters. The van der Waals surface area contributed by atoms with Gasteiger partial charge in [0.15, 0.2) is 0 Å². The third-order valence-electron chi connectivity index (χ3n) is 2.69. The van der Waals surface area contributed by atoms with Crippen LogP contribution in [0.2, 0.25) is 0 Å². The lowest BCUT2D eigenvalue weighted by Gasteiger charge is -2.07. The van der Waals surface area contributed by atoms with Gasteiger partial charge in [-0.05, 0) is 23.6 Å². The average Bonchev–Trinajstić information content (AvgIpc) is 2.39. The first kappa shape index (κ1) is 11.3. The monoisotopic (exact) mass is 227 g/mol. The summed E-state index contributed by atoms with van der Waals surface area (Å²) in [5.41, 5.74) is 3.37. The number of aromatic nitrogens is 1. The summed E-state index contributed by atoms with van der Waals surface area (Å²) < 4.78 is 0. The predicted molar refractivity (Wildman–Crippen MR) is 66.0 cm³/mol. The molecule has 2 rings (SSSR count). The fraction of sp³-hybridized carbons (Fsp3) is 0.143. The van der Waals surface area contributed by atoms with Crippen LogP contribution in [0.15, 0.2) is 42.6 Å². The second-order valence-corrected chi connectivity index (χ2v) is 3.75. The van der Waals surface area contributed by atoms with Crippen molar-refractivity contribution in [2.24, 2.45) is 0 Å². The number of pyridine rings is 1. The Hall–Kier alpha value is -2.16. The lowest BCUT2D eigenvalue weighted by Crippen LogP contribution is -1.99. The smallest absolute Gasteiger partial charge is 0.354 e. The van der Waals surface area contributed by atoms with Crippen molar-refractivity contribution < 1.29 is 9.90 Å². The van der Waals surface area contributed by atoms with Crippen molar-refractivity contribution in [3.05, 3.63) is 53.9 Å². The number of aryl methyl sites for hydroxylation is 1. The van der Waals surface area contributed by atoms with Gasteiger partial charge in [-0.3, -0.25) is 0 Å². The first-order chi connectivity index (χ1) is 8.22. The van der Waals surface area contributed by atoms with Crippen LogP contribution in [-0.2, 0) is 6.42 Å². The number of rotatable bonds is 3. The molecule has 0 saturated carbocycles. The van der Waals surface area contributed by atoms with Crippen LogP contribution in [0.1, 0.15) is 23.0 Å². The van der Waals surface area contributed by atoms with Crippen LogP contribution in [0.4, 0.5) is 0 Å². The molecule has 86 valence electrons. The van der Waals surface area contributed by atoms with E-state index in [4.69, 9.17) is 5.11 Å². The Kier molecular flexibility index (Phi) is 3.19. The summed E-state index contributed by atoms with van der Waals surface area (Å²) in [5, 5.41) is 8.78. The van der Waals surface area contributed by atoms with Crippen molar-refractivity contribution in [1.82, 2.24) is 4.98 Å². The molecule has 2 aromatic rings. The zero-order valence-corrected chi connectivity index (χ0v) is 9.55. The molecule has 0 fully saturated rings. The van der Waals surface area contributed by atoms with Crippen LogP contribution >= 0.6 is 0 Å². The van der Waals surface area contributed by atoms with Crippen LogP contribution in [-0.4, -0.2) is 16.1 Å². The molecule has 3 heteroatoms. The Balaban J connectivity index is 2.43. The number of carboxylic acid groups (broad SMARTS) is 1. The topological polar surface area (TPSA) is 50.2 Å². The van der Waals surface area contributed by atoms with Gasteiger partial charge in [-0.25, -0.2) is 9.78 Å². The van der Waals surface area contributed by atoms with Crippen molar-refractivity contribution in [2.75, 3.05) is 0 Å². The maximum atomic E-state index is 10.7. The van der Waals surface area contributed by atoms with E-state index in [1.165, 1.54) is 11.6 Å². The Bertz CT molecular complexity index is 532. The Morgan fingerprint density at radius 2 is 2.00 bits per heavy atom. The molecule has 0 amide bonds. The number of hydrogen-bond donors (Lipinski definition) is 1. The zero-order valence-electron chi connectivity index (χ0n) is 9.55. The molecular weight excluding hydrogens is 214 g/mol. The molecule has 0 saturated heterocycles. The third-order valence-corrected chi connectivity index (χ3v) is 2.69. The van der Waals surface area contributed by atoms with Crippen molar-refractivity contribution >= 4 is 5.97 Å². The average molecular weight is 227 g/mol. The highest BCUT2D eigenvalue weighted by atomic mass is 16.4. The van der Waals surface area contributed by atoms with Gasteiger partial charge in [-0.15, -0.1) is 0 Å². The van der Waals surface area contributed by atoms with Gasteiger partial charge in [0.2, 0.25) is 0 Å². The van der Waals surface area contributed by atoms with Crippen LogP contribution in [0, 0.1) is 0 Å². The fourth-order valence-electron chi connectivity index (χ4n) is 1.79. The van der Waals surface area contributed by atoms with E-state index in [0.717, 1.165) is 17.5 Å². The molecule has 1 heterocycles. The molecule has 0 aliphatic carbocycles. The summed E-state index contributed by atoms with van der Waals surface area (Å²) in [6.07, 6.45) is 2.55. The highest BCUT2D eigenvalue weighted by Gasteiger charge is 2.06. The number of hydrogen-bond acceptors (Lipinski definition) is 2. The third kappa shape index (κ3) is 2.33. The zero-order chi connectivity index (χ0) is 12.3. The second-order valence-electron chi connectivity index (χ2n) is 3.75. The lowest BCUT2D eigenvalue weighted by molar-refractivity contribution is 0.0690. The minimum atomic E-state index is -1.000. The summed E-state index contributed by atoms with van der Waals surface area (Å²) >= 11 is 0. The lowest BCUT2D eigenvalue weighted by atomic mass is 9.99. The molecule has 17 heavy (non-hydrogen) atoms. The fourth-order valence-corrected chi connectivity index (χ4v) is 1.79. The van der Waals surface area contributed by atoms with Crippen molar-refractivity contribution in [3.8, 4) is 11.1 Å². The van der Waals surface area contributed by atoms with Gasteiger partial charge in [0.25, 0.3) is 0 Å². The van der Waals surface area contributed by atoms with E-state index in [-0.39, 0.29) is 5.69 Å². The summed E-state index contributed by atoms with van der Waals surface area (Å²) in [6.45, 7) is 2.10. The van der Waals surface area contributed by atoms with Gasteiger partial charge >= 0.3 is 5.97 Å². The van der Waals surface area contributed by atoms with Gasteiger partial charge in [0, 0.05) is 11.8 Å². The number of benzene rings is 1. The standard InChI is InChI=1S/C14H13NO2/c1-2-10-5-3-4-6-12(10)11-7-8-13(14(16)17)15-9-11/h3-9H,2H2,1H3,(H,16,17). The van der Waals surface area contributed by atoms with Gasteiger partial charge in [-0.2, -0.15) is 0 Å². The number of aromatic carboxylic acids is 1. The molecule has 3 nitrogen and oxygen atoms in total. The van der Waals surface area contributed by atoms with Gasteiger partial charge < -0.3 is 5.11 Å². The molecule has 0 spiro atoms. The molecular formula is C14H13NO2. The number of carboxylic acids is 1. The Morgan fingerprint density at radius 1 is 1.24 bits per heavy atom. The quantitative estimate of drug-likeness (QED) is 0.876. The maximum Gasteiger partial charge on any atom is 0.354 e. The first-order valence-corrected chi connectivity index (χ1v) is 5.50. The van der Waals surface area contributed by atoms with E-state index < -0.39 is 5.97 Å². The molecule has 0 radical (unpaired) electrons. The highest BCUT2D eigenvalue weighted by molar-refractivity contribution is 5.85. The van der Waals surface area contributed by atoms with Crippen LogP contribution < -0.4 is 0 Å². The summed E-state index contributed by atoms with van der Waals surface area (Å²) in [7, 11) is 0. The van der Waals surface area contributed by atoms with E-state index in [0.29, 0.717) is 0 Å². The summed E-state index contributed by atoms with van der Waals surface area (Å²) in [5.74, 6) is -1.000. The van der Waals surface area contributed by atoms with Crippen molar-refractivity contribution in [3.63, 3.8) is 0 Å². The van der Waals surface area contributed by atoms with E-state index in [1.807, 2.05) is 18.2 Å². The summed E-state index contributed by atoms with van der Waals surface area (Å²) in [4.78, 5) is 14.6. The molecule has 1 aromatic carbocycles. The van der Waals surface area contributed by atoms with Crippen LogP contribution in [0.25, 0.3) is 11.1 Å². The van der Waals surface area contributed by atoms with E-state index in [1.54, 1.807) is 12.3 Å². The second kappa shape index (κ2) is 4.78.